The van der Waals surface area contributed by atoms with Gasteiger partial charge in [0.25, 0.3) is 5.91 Å². The minimum atomic E-state index is 0.173. The SMILES string of the molecule is CSc1ccc(C)c(C(=O)N2CCCNCC2)c1. The highest BCUT2D eigenvalue weighted by atomic mass is 32.2. The lowest BCUT2D eigenvalue weighted by atomic mass is 10.1. The van der Waals surface area contributed by atoms with Crippen LogP contribution in [0, 0.1) is 6.92 Å². The standard InChI is InChI=1S/C14H20N2OS/c1-11-4-5-12(18-2)10-13(11)14(17)16-8-3-6-15-7-9-16/h4-5,10,15H,3,6-9H2,1-2H3. The lowest BCUT2D eigenvalue weighted by molar-refractivity contribution is 0.0765. The topological polar surface area (TPSA) is 32.3 Å². The molecule has 0 atom stereocenters. The molecule has 1 aliphatic heterocycles. The molecular formula is C14H20N2OS. The maximum Gasteiger partial charge on any atom is 0.254 e. The molecule has 1 fully saturated rings. The number of rotatable bonds is 2. The first-order valence-corrected chi connectivity index (χ1v) is 7.59. The summed E-state index contributed by atoms with van der Waals surface area (Å²) in [7, 11) is 0. The van der Waals surface area contributed by atoms with Gasteiger partial charge in [-0.05, 0) is 43.8 Å². The Morgan fingerprint density at radius 1 is 1.33 bits per heavy atom. The average molecular weight is 264 g/mol. The van der Waals surface area contributed by atoms with Gasteiger partial charge in [-0.1, -0.05) is 6.07 Å². The number of benzene rings is 1. The Balaban J connectivity index is 2.21. The van der Waals surface area contributed by atoms with Gasteiger partial charge < -0.3 is 10.2 Å². The van der Waals surface area contributed by atoms with E-state index in [0.717, 1.165) is 48.6 Å². The molecular weight excluding hydrogens is 244 g/mol. The fraction of sp³-hybridized carbons (Fsp3) is 0.500. The normalized spacial score (nSPS) is 16.4. The van der Waals surface area contributed by atoms with Crippen molar-refractivity contribution in [2.75, 3.05) is 32.4 Å². The van der Waals surface area contributed by atoms with Crippen molar-refractivity contribution in [1.29, 1.82) is 0 Å². The highest BCUT2D eigenvalue weighted by molar-refractivity contribution is 7.98. The summed E-state index contributed by atoms with van der Waals surface area (Å²) in [6.07, 6.45) is 3.07. The van der Waals surface area contributed by atoms with Crippen LogP contribution in [0.4, 0.5) is 0 Å². The minimum Gasteiger partial charge on any atom is -0.337 e. The van der Waals surface area contributed by atoms with E-state index >= 15 is 0 Å². The quantitative estimate of drug-likeness (QED) is 0.831. The third-order valence-corrected chi connectivity index (χ3v) is 4.03. The maximum atomic E-state index is 12.5. The molecule has 0 saturated carbocycles. The number of nitrogens with one attached hydrogen (secondary N) is 1. The number of thioether (sulfide) groups is 1. The Morgan fingerprint density at radius 2 is 2.17 bits per heavy atom. The van der Waals surface area contributed by atoms with Crippen LogP contribution in [0.2, 0.25) is 0 Å². The first-order chi connectivity index (χ1) is 8.72. The zero-order valence-corrected chi connectivity index (χ0v) is 11.8. The largest absolute Gasteiger partial charge is 0.337 e. The number of carbonyl (C=O) groups excluding carboxylic acids is 1. The summed E-state index contributed by atoms with van der Waals surface area (Å²) >= 11 is 1.68. The van der Waals surface area contributed by atoms with Gasteiger partial charge in [0.1, 0.15) is 0 Å². The molecule has 0 unspecified atom stereocenters. The Bertz CT molecular complexity index is 426. The van der Waals surface area contributed by atoms with E-state index in [4.69, 9.17) is 0 Å². The number of nitrogens with zero attached hydrogens (tertiary/aromatic N) is 1. The Hall–Kier alpha value is -1.00. The van der Waals surface area contributed by atoms with Crippen molar-refractivity contribution in [1.82, 2.24) is 10.2 Å². The van der Waals surface area contributed by atoms with E-state index in [2.05, 4.69) is 11.4 Å². The molecule has 0 spiro atoms. The molecule has 1 saturated heterocycles. The van der Waals surface area contributed by atoms with Crippen LogP contribution in [-0.4, -0.2) is 43.2 Å². The summed E-state index contributed by atoms with van der Waals surface area (Å²) in [6, 6.07) is 6.12. The predicted octanol–water partition coefficient (Wildman–Crippen LogP) is 2.15. The molecule has 1 heterocycles. The molecule has 1 aromatic rings. The second-order valence-electron chi connectivity index (χ2n) is 4.58. The minimum absolute atomic E-state index is 0.173. The summed E-state index contributed by atoms with van der Waals surface area (Å²) < 4.78 is 0. The first kappa shape index (κ1) is 13.4. The van der Waals surface area contributed by atoms with Crippen molar-refractivity contribution in [3.8, 4) is 0 Å². The van der Waals surface area contributed by atoms with Crippen LogP contribution in [0.5, 0.6) is 0 Å². The highest BCUT2D eigenvalue weighted by Gasteiger charge is 2.18. The number of hydrogen-bond acceptors (Lipinski definition) is 3. The van der Waals surface area contributed by atoms with Crippen molar-refractivity contribution >= 4 is 17.7 Å². The van der Waals surface area contributed by atoms with E-state index in [-0.39, 0.29) is 5.91 Å². The van der Waals surface area contributed by atoms with E-state index in [1.165, 1.54) is 0 Å². The van der Waals surface area contributed by atoms with Crippen LogP contribution in [-0.2, 0) is 0 Å². The van der Waals surface area contributed by atoms with Crippen molar-refractivity contribution < 1.29 is 4.79 Å². The van der Waals surface area contributed by atoms with Gasteiger partial charge in [0.15, 0.2) is 0 Å². The van der Waals surface area contributed by atoms with Gasteiger partial charge >= 0.3 is 0 Å². The second kappa shape index (κ2) is 6.25. The molecule has 0 aromatic heterocycles. The van der Waals surface area contributed by atoms with Crippen LogP contribution in [0.3, 0.4) is 0 Å². The van der Waals surface area contributed by atoms with Crippen LogP contribution >= 0.6 is 11.8 Å². The number of amides is 1. The Morgan fingerprint density at radius 3 is 2.94 bits per heavy atom. The summed E-state index contributed by atoms with van der Waals surface area (Å²) in [6.45, 7) is 5.57. The third-order valence-electron chi connectivity index (χ3n) is 3.30. The number of carbonyl (C=O) groups is 1. The molecule has 2 rings (SSSR count). The lowest BCUT2D eigenvalue weighted by Gasteiger charge is -2.21. The van der Waals surface area contributed by atoms with Crippen LogP contribution < -0.4 is 5.32 Å². The molecule has 0 bridgehead atoms. The maximum absolute atomic E-state index is 12.5. The van der Waals surface area contributed by atoms with E-state index in [1.807, 2.05) is 30.2 Å². The van der Waals surface area contributed by atoms with Crippen molar-refractivity contribution in [3.05, 3.63) is 29.3 Å². The first-order valence-electron chi connectivity index (χ1n) is 6.37. The monoisotopic (exact) mass is 264 g/mol. The number of aryl methyl sites for hydroxylation is 1. The summed E-state index contributed by atoms with van der Waals surface area (Å²) in [5.74, 6) is 0.173. The number of hydrogen-bond donors (Lipinski definition) is 1. The summed E-state index contributed by atoms with van der Waals surface area (Å²) in [5, 5.41) is 3.32. The molecule has 98 valence electrons. The van der Waals surface area contributed by atoms with Crippen LogP contribution in [0.1, 0.15) is 22.3 Å². The molecule has 1 aliphatic rings. The van der Waals surface area contributed by atoms with Crippen molar-refractivity contribution in [2.24, 2.45) is 0 Å². The Labute approximate surface area is 113 Å². The van der Waals surface area contributed by atoms with Crippen molar-refractivity contribution in [2.45, 2.75) is 18.2 Å². The molecule has 18 heavy (non-hydrogen) atoms. The van der Waals surface area contributed by atoms with Gasteiger partial charge in [0.2, 0.25) is 0 Å². The van der Waals surface area contributed by atoms with Gasteiger partial charge in [-0.3, -0.25) is 4.79 Å². The van der Waals surface area contributed by atoms with Crippen LogP contribution in [0.25, 0.3) is 0 Å². The zero-order valence-electron chi connectivity index (χ0n) is 11.0. The third kappa shape index (κ3) is 3.06. The fourth-order valence-electron chi connectivity index (χ4n) is 2.18. The van der Waals surface area contributed by atoms with E-state index < -0.39 is 0 Å². The fourth-order valence-corrected chi connectivity index (χ4v) is 2.62. The van der Waals surface area contributed by atoms with Gasteiger partial charge in [0.05, 0.1) is 0 Å². The highest BCUT2D eigenvalue weighted by Crippen LogP contribution is 2.20. The molecule has 3 nitrogen and oxygen atoms in total. The lowest BCUT2D eigenvalue weighted by Crippen LogP contribution is -2.34. The van der Waals surface area contributed by atoms with Gasteiger partial charge in [0, 0.05) is 30.1 Å². The van der Waals surface area contributed by atoms with E-state index in [9.17, 15) is 4.79 Å². The van der Waals surface area contributed by atoms with Gasteiger partial charge in [-0.25, -0.2) is 0 Å². The molecule has 1 N–H and O–H groups in total. The van der Waals surface area contributed by atoms with Crippen LogP contribution in [0.15, 0.2) is 23.1 Å². The molecule has 4 heteroatoms. The predicted molar refractivity (Wildman–Crippen MR) is 76.4 cm³/mol. The molecule has 0 radical (unpaired) electrons. The van der Waals surface area contributed by atoms with Gasteiger partial charge in [-0.2, -0.15) is 0 Å². The van der Waals surface area contributed by atoms with Crippen molar-refractivity contribution in [3.63, 3.8) is 0 Å². The van der Waals surface area contributed by atoms with E-state index in [1.54, 1.807) is 11.8 Å². The summed E-state index contributed by atoms with van der Waals surface area (Å²) in [4.78, 5) is 15.6. The molecule has 1 amide bonds. The second-order valence-corrected chi connectivity index (χ2v) is 5.46. The molecule has 0 aliphatic carbocycles. The smallest absolute Gasteiger partial charge is 0.254 e. The Kier molecular flexibility index (Phi) is 4.66. The molecule has 1 aromatic carbocycles. The zero-order chi connectivity index (χ0) is 13.0. The summed E-state index contributed by atoms with van der Waals surface area (Å²) in [5.41, 5.74) is 1.92. The average Bonchev–Trinajstić information content (AvgIpc) is 2.67. The van der Waals surface area contributed by atoms with E-state index in [0.29, 0.717) is 0 Å². The van der Waals surface area contributed by atoms with Gasteiger partial charge in [-0.15, -0.1) is 11.8 Å².